The highest BCUT2D eigenvalue weighted by molar-refractivity contribution is 6.21. The zero-order chi connectivity index (χ0) is 33.0. The first kappa shape index (κ1) is 28.4. The standard InChI is InChI=1S/C49H31N/c1-2-14-32(15-3-1)33-26-28-34(29-27-33)48-41-22-10-12-24-43(41)49(44-25-13-11-23-42(44)48)47-30-45-39-20-8-6-18-37(39)35-16-4-5-17-36(35)38-19-7-9-21-40(38)46(45)31-50-47/h1-31H. The summed E-state index contributed by atoms with van der Waals surface area (Å²) in [5, 5.41) is 4.85. The van der Waals surface area contributed by atoms with Crippen LogP contribution in [0.25, 0.3) is 99.6 Å². The zero-order valence-corrected chi connectivity index (χ0v) is 27.3. The molecule has 232 valence electrons. The van der Waals surface area contributed by atoms with Gasteiger partial charge < -0.3 is 0 Å². The first-order chi connectivity index (χ1) is 24.8. The maximum atomic E-state index is 5.31. The van der Waals surface area contributed by atoms with Crippen LogP contribution in [0.15, 0.2) is 188 Å². The van der Waals surface area contributed by atoms with Crippen LogP contribution in [0.4, 0.5) is 0 Å². The first-order valence-corrected chi connectivity index (χ1v) is 17.2. The van der Waals surface area contributed by atoms with Crippen molar-refractivity contribution in [2.24, 2.45) is 0 Å². The Morgan fingerprint density at radius 1 is 0.260 bits per heavy atom. The lowest BCUT2D eigenvalue weighted by Crippen LogP contribution is -1.99. The Kier molecular flexibility index (Phi) is 6.57. The van der Waals surface area contributed by atoms with Gasteiger partial charge in [-0.1, -0.05) is 176 Å². The van der Waals surface area contributed by atoms with E-state index in [9.17, 15) is 0 Å². The lowest BCUT2D eigenvalue weighted by molar-refractivity contribution is 1.33. The highest BCUT2D eigenvalue weighted by Crippen LogP contribution is 2.49. The summed E-state index contributed by atoms with van der Waals surface area (Å²) >= 11 is 0. The lowest BCUT2D eigenvalue weighted by Gasteiger charge is -2.23. The van der Waals surface area contributed by atoms with Gasteiger partial charge in [0.1, 0.15) is 0 Å². The molecule has 1 aromatic heterocycles. The summed E-state index contributed by atoms with van der Waals surface area (Å²) in [6.45, 7) is 0. The third-order valence-electron chi connectivity index (χ3n) is 10.3. The van der Waals surface area contributed by atoms with Crippen LogP contribution in [0.5, 0.6) is 0 Å². The number of rotatable bonds is 3. The summed E-state index contributed by atoms with van der Waals surface area (Å²) in [5.74, 6) is 0. The van der Waals surface area contributed by atoms with Crippen molar-refractivity contribution >= 4 is 21.5 Å². The van der Waals surface area contributed by atoms with Crippen molar-refractivity contribution in [1.29, 1.82) is 0 Å². The molecule has 0 saturated carbocycles. The second-order valence-corrected chi connectivity index (χ2v) is 13.0. The van der Waals surface area contributed by atoms with Gasteiger partial charge in [0.2, 0.25) is 0 Å². The Morgan fingerprint density at radius 2 is 0.620 bits per heavy atom. The number of nitrogens with zero attached hydrogens (tertiary/aromatic N) is 1. The van der Waals surface area contributed by atoms with Crippen LogP contribution in [0.3, 0.4) is 0 Å². The summed E-state index contributed by atoms with van der Waals surface area (Å²) < 4.78 is 0. The van der Waals surface area contributed by atoms with Gasteiger partial charge in [-0.25, -0.2) is 0 Å². The molecule has 0 bridgehead atoms. The van der Waals surface area contributed by atoms with E-state index in [1.165, 1.54) is 82.7 Å². The van der Waals surface area contributed by atoms with Crippen molar-refractivity contribution in [3.05, 3.63) is 188 Å². The minimum Gasteiger partial charge on any atom is -0.256 e. The molecule has 8 aromatic carbocycles. The number of hydrogen-bond donors (Lipinski definition) is 0. The van der Waals surface area contributed by atoms with Crippen molar-refractivity contribution in [1.82, 2.24) is 4.98 Å². The Hall–Kier alpha value is -6.57. The van der Waals surface area contributed by atoms with Crippen LogP contribution in [-0.4, -0.2) is 4.98 Å². The van der Waals surface area contributed by atoms with E-state index in [2.05, 4.69) is 188 Å². The summed E-state index contributed by atoms with van der Waals surface area (Å²) in [6, 6.07) is 66.0. The number of pyridine rings is 1. The van der Waals surface area contributed by atoms with Gasteiger partial charge in [-0.05, 0) is 88.8 Å². The van der Waals surface area contributed by atoms with Gasteiger partial charge in [0.25, 0.3) is 0 Å². The molecule has 9 aromatic rings. The molecule has 0 atom stereocenters. The van der Waals surface area contributed by atoms with Crippen molar-refractivity contribution < 1.29 is 0 Å². The van der Waals surface area contributed by atoms with Crippen LogP contribution in [-0.2, 0) is 0 Å². The van der Waals surface area contributed by atoms with Gasteiger partial charge >= 0.3 is 0 Å². The third kappa shape index (κ3) is 4.45. The van der Waals surface area contributed by atoms with Crippen LogP contribution < -0.4 is 0 Å². The lowest BCUT2D eigenvalue weighted by atomic mass is 9.81. The maximum Gasteiger partial charge on any atom is 0.0721 e. The van der Waals surface area contributed by atoms with Crippen molar-refractivity contribution in [3.8, 4) is 78.0 Å². The molecule has 50 heavy (non-hydrogen) atoms. The molecular weight excluding hydrogens is 603 g/mol. The van der Waals surface area contributed by atoms with E-state index in [4.69, 9.17) is 4.98 Å². The Bertz CT molecular complexity index is 2680. The SMILES string of the molecule is c1ccc(-c2ccc(-c3c4ccccc4c(-c4cc5c(cn4)-c4ccccc4-c4ccccc4-c4ccccc4-5)c4ccccc34)cc2)cc1. The summed E-state index contributed by atoms with van der Waals surface area (Å²) in [7, 11) is 0. The monoisotopic (exact) mass is 633 g/mol. The number of aromatic nitrogens is 1. The van der Waals surface area contributed by atoms with Gasteiger partial charge in [-0.15, -0.1) is 0 Å². The van der Waals surface area contributed by atoms with Gasteiger partial charge in [0, 0.05) is 17.3 Å². The molecule has 10 rings (SSSR count). The normalized spacial score (nSPS) is 11.6. The fraction of sp³-hybridized carbons (Fsp3) is 0. The molecule has 0 radical (unpaired) electrons. The molecule has 0 N–H and O–H groups in total. The van der Waals surface area contributed by atoms with E-state index in [-0.39, 0.29) is 0 Å². The molecule has 1 aliphatic carbocycles. The molecule has 0 unspecified atom stereocenters. The zero-order valence-electron chi connectivity index (χ0n) is 27.3. The predicted molar refractivity (Wildman–Crippen MR) is 211 cm³/mol. The van der Waals surface area contributed by atoms with E-state index < -0.39 is 0 Å². The van der Waals surface area contributed by atoms with E-state index >= 15 is 0 Å². The topological polar surface area (TPSA) is 12.9 Å². The van der Waals surface area contributed by atoms with Crippen LogP contribution in [0, 0.1) is 0 Å². The molecule has 0 amide bonds. The average Bonchev–Trinajstić information content (AvgIpc) is 3.19. The fourth-order valence-electron chi connectivity index (χ4n) is 8.06. The smallest absolute Gasteiger partial charge is 0.0721 e. The van der Waals surface area contributed by atoms with Crippen molar-refractivity contribution in [2.75, 3.05) is 0 Å². The van der Waals surface area contributed by atoms with Crippen LogP contribution in [0.1, 0.15) is 0 Å². The van der Waals surface area contributed by atoms with Gasteiger partial charge in [-0.3, -0.25) is 4.98 Å². The summed E-state index contributed by atoms with van der Waals surface area (Å²) in [4.78, 5) is 5.31. The Balaban J connectivity index is 1.23. The van der Waals surface area contributed by atoms with E-state index in [1.807, 2.05) is 0 Å². The second kappa shape index (κ2) is 11.5. The van der Waals surface area contributed by atoms with Crippen LogP contribution in [0.2, 0.25) is 0 Å². The highest BCUT2D eigenvalue weighted by atomic mass is 14.7. The Morgan fingerprint density at radius 3 is 1.12 bits per heavy atom. The van der Waals surface area contributed by atoms with Crippen molar-refractivity contribution in [2.45, 2.75) is 0 Å². The minimum absolute atomic E-state index is 0.975. The van der Waals surface area contributed by atoms with Gasteiger partial charge in [-0.2, -0.15) is 0 Å². The molecule has 0 aliphatic heterocycles. The summed E-state index contributed by atoms with van der Waals surface area (Å²) in [6.07, 6.45) is 2.11. The molecule has 1 heteroatoms. The maximum absolute atomic E-state index is 5.31. The van der Waals surface area contributed by atoms with Gasteiger partial charge in [0.15, 0.2) is 0 Å². The number of fused-ring (bicyclic) bond motifs is 10. The largest absolute Gasteiger partial charge is 0.256 e. The van der Waals surface area contributed by atoms with Crippen LogP contribution >= 0.6 is 0 Å². The van der Waals surface area contributed by atoms with E-state index in [0.717, 1.165) is 16.8 Å². The molecule has 0 spiro atoms. The number of hydrogen-bond acceptors (Lipinski definition) is 1. The first-order valence-electron chi connectivity index (χ1n) is 17.2. The molecule has 0 fully saturated rings. The minimum atomic E-state index is 0.975. The third-order valence-corrected chi connectivity index (χ3v) is 10.3. The predicted octanol–water partition coefficient (Wildman–Crippen LogP) is 13.4. The molecular formula is C49H31N. The quantitative estimate of drug-likeness (QED) is 0.176. The summed E-state index contributed by atoms with van der Waals surface area (Å²) in [5.41, 5.74) is 16.8. The highest BCUT2D eigenvalue weighted by Gasteiger charge is 2.24. The molecule has 1 nitrogen and oxygen atoms in total. The van der Waals surface area contributed by atoms with Crippen molar-refractivity contribution in [3.63, 3.8) is 0 Å². The van der Waals surface area contributed by atoms with E-state index in [0.29, 0.717) is 0 Å². The molecule has 0 saturated heterocycles. The second-order valence-electron chi connectivity index (χ2n) is 13.0. The number of benzene rings is 8. The van der Waals surface area contributed by atoms with E-state index in [1.54, 1.807) is 0 Å². The average molecular weight is 634 g/mol. The fourth-order valence-corrected chi connectivity index (χ4v) is 8.06. The molecule has 1 aliphatic rings. The van der Waals surface area contributed by atoms with Gasteiger partial charge in [0.05, 0.1) is 5.69 Å². The molecule has 1 heterocycles. The Labute approximate surface area is 291 Å².